The molecular weight excluding hydrogens is 328 g/mol. The molecule has 0 aliphatic heterocycles. The number of nitrogens with one attached hydrogen (secondary N) is 1. The third kappa shape index (κ3) is 3.67. The van der Waals surface area contributed by atoms with Crippen molar-refractivity contribution in [2.45, 2.75) is 17.7 Å². The minimum absolute atomic E-state index is 0.206. The van der Waals surface area contributed by atoms with Crippen molar-refractivity contribution in [1.82, 2.24) is 9.71 Å². The van der Waals surface area contributed by atoms with Gasteiger partial charge in [-0.15, -0.1) is 11.3 Å². The third-order valence-electron chi connectivity index (χ3n) is 3.43. The Labute approximate surface area is 139 Å². The second-order valence-corrected chi connectivity index (χ2v) is 8.08. The van der Waals surface area contributed by atoms with Gasteiger partial charge in [0.2, 0.25) is 10.0 Å². The van der Waals surface area contributed by atoms with Gasteiger partial charge < -0.3 is 0 Å². The van der Waals surface area contributed by atoms with E-state index in [0.717, 1.165) is 16.8 Å². The summed E-state index contributed by atoms with van der Waals surface area (Å²) in [5.41, 5.74) is 3.78. The van der Waals surface area contributed by atoms with Crippen molar-refractivity contribution in [3.05, 3.63) is 71.2 Å². The summed E-state index contributed by atoms with van der Waals surface area (Å²) < 4.78 is 27.4. The molecule has 0 bridgehead atoms. The van der Waals surface area contributed by atoms with Gasteiger partial charge in [-0.25, -0.2) is 13.1 Å². The summed E-state index contributed by atoms with van der Waals surface area (Å²) in [7, 11) is -3.48. The van der Waals surface area contributed by atoms with E-state index >= 15 is 0 Å². The van der Waals surface area contributed by atoms with Gasteiger partial charge in [0.25, 0.3) is 0 Å². The molecule has 3 aromatic rings. The van der Waals surface area contributed by atoms with E-state index in [2.05, 4.69) is 9.71 Å². The van der Waals surface area contributed by atoms with Crippen molar-refractivity contribution >= 4 is 21.4 Å². The number of hydrogen-bond donors (Lipinski definition) is 1. The minimum atomic E-state index is -3.48. The highest BCUT2D eigenvalue weighted by Gasteiger charge is 2.16. The van der Waals surface area contributed by atoms with Crippen molar-refractivity contribution < 1.29 is 8.42 Å². The maximum Gasteiger partial charge on any atom is 0.250 e. The molecule has 0 unspecified atom stereocenters. The zero-order valence-electron chi connectivity index (χ0n) is 12.6. The van der Waals surface area contributed by atoms with Crippen molar-refractivity contribution in [2.75, 3.05) is 0 Å². The fourth-order valence-corrected chi connectivity index (χ4v) is 4.26. The van der Waals surface area contributed by atoms with Crippen LogP contribution in [-0.2, 0) is 16.6 Å². The predicted molar refractivity (Wildman–Crippen MR) is 92.8 cm³/mol. The zero-order valence-corrected chi connectivity index (χ0v) is 14.2. The molecule has 0 atom stereocenters. The average Bonchev–Trinajstić information content (AvgIpc) is 3.10. The Morgan fingerprint density at radius 1 is 1.09 bits per heavy atom. The molecule has 3 rings (SSSR count). The predicted octanol–water partition coefficient (Wildman–Crippen LogP) is 3.60. The summed E-state index contributed by atoms with van der Waals surface area (Å²) in [6.07, 6.45) is 1.71. The normalized spacial score (nSPS) is 11.5. The summed E-state index contributed by atoms with van der Waals surface area (Å²) in [5, 5.41) is 1.75. The fraction of sp³-hybridized carbons (Fsp3) is 0.118. The summed E-state index contributed by atoms with van der Waals surface area (Å²) in [4.78, 5) is 4.41. The number of sulfonamides is 1. The van der Waals surface area contributed by atoms with Gasteiger partial charge in [-0.2, -0.15) is 0 Å². The Kier molecular flexibility index (Phi) is 4.56. The Morgan fingerprint density at radius 3 is 2.57 bits per heavy atom. The van der Waals surface area contributed by atoms with E-state index in [9.17, 15) is 8.42 Å². The summed E-state index contributed by atoms with van der Waals surface area (Å²) in [5.74, 6) is 0. The van der Waals surface area contributed by atoms with Crippen molar-refractivity contribution in [1.29, 1.82) is 0 Å². The van der Waals surface area contributed by atoms with Crippen LogP contribution in [-0.4, -0.2) is 13.4 Å². The van der Waals surface area contributed by atoms with E-state index in [4.69, 9.17) is 0 Å². The van der Waals surface area contributed by atoms with Gasteiger partial charge in [-0.3, -0.25) is 4.98 Å². The summed E-state index contributed by atoms with van der Waals surface area (Å²) in [6.45, 7) is 2.23. The Bertz CT molecular complexity index is 887. The Morgan fingerprint density at radius 2 is 1.87 bits per heavy atom. The highest BCUT2D eigenvalue weighted by Crippen LogP contribution is 2.22. The lowest BCUT2D eigenvalue weighted by Crippen LogP contribution is -2.22. The molecule has 0 aliphatic carbocycles. The van der Waals surface area contributed by atoms with E-state index in [1.807, 2.05) is 43.3 Å². The van der Waals surface area contributed by atoms with Crippen molar-refractivity contribution in [3.63, 3.8) is 0 Å². The van der Waals surface area contributed by atoms with Crippen LogP contribution in [0.5, 0.6) is 0 Å². The lowest BCUT2D eigenvalue weighted by molar-refractivity contribution is 0.583. The Balaban J connectivity index is 1.86. The fourth-order valence-electron chi connectivity index (χ4n) is 2.21. The van der Waals surface area contributed by atoms with E-state index in [-0.39, 0.29) is 6.54 Å². The zero-order chi connectivity index (χ0) is 16.3. The molecule has 0 saturated carbocycles. The van der Waals surface area contributed by atoms with E-state index in [1.54, 1.807) is 23.7 Å². The van der Waals surface area contributed by atoms with Gasteiger partial charge >= 0.3 is 0 Å². The van der Waals surface area contributed by atoms with E-state index in [0.29, 0.717) is 4.21 Å². The topological polar surface area (TPSA) is 59.1 Å². The molecule has 0 spiro atoms. The number of nitrogens with zero attached hydrogens (tertiary/aromatic N) is 1. The molecule has 1 N–H and O–H groups in total. The first-order valence-corrected chi connectivity index (χ1v) is 9.47. The van der Waals surface area contributed by atoms with Crippen molar-refractivity contribution in [3.8, 4) is 11.3 Å². The average molecular weight is 344 g/mol. The van der Waals surface area contributed by atoms with Crippen LogP contribution in [0, 0.1) is 6.92 Å². The second-order valence-electron chi connectivity index (χ2n) is 5.13. The molecule has 0 radical (unpaired) electrons. The molecule has 2 aromatic heterocycles. The van der Waals surface area contributed by atoms with Crippen LogP contribution >= 0.6 is 11.3 Å². The SMILES string of the molecule is Cc1ccc(-c2ncccc2CNS(=O)(=O)c2cccs2)cc1. The van der Waals surface area contributed by atoms with Crippen LogP contribution < -0.4 is 4.72 Å². The smallest absolute Gasteiger partial charge is 0.250 e. The molecule has 118 valence electrons. The van der Waals surface area contributed by atoms with Gasteiger partial charge in [-0.1, -0.05) is 42.0 Å². The first-order valence-electron chi connectivity index (χ1n) is 7.10. The van der Waals surface area contributed by atoms with Crippen LogP contribution in [0.1, 0.15) is 11.1 Å². The molecule has 0 fully saturated rings. The largest absolute Gasteiger partial charge is 0.256 e. The number of thiophene rings is 1. The second kappa shape index (κ2) is 6.62. The standard InChI is InChI=1S/C17H16N2O2S2/c1-13-6-8-14(9-7-13)17-15(4-2-10-18-17)12-19-23(20,21)16-5-3-11-22-16/h2-11,19H,12H2,1H3. The number of hydrogen-bond acceptors (Lipinski definition) is 4. The maximum atomic E-state index is 12.2. The quantitative estimate of drug-likeness (QED) is 0.769. The van der Waals surface area contributed by atoms with Crippen LogP contribution in [0.25, 0.3) is 11.3 Å². The third-order valence-corrected chi connectivity index (χ3v) is 6.23. The van der Waals surface area contributed by atoms with Gasteiger partial charge in [0, 0.05) is 18.3 Å². The molecule has 2 heterocycles. The minimum Gasteiger partial charge on any atom is -0.256 e. The van der Waals surface area contributed by atoms with Crippen molar-refractivity contribution in [2.24, 2.45) is 0 Å². The van der Waals surface area contributed by atoms with Gasteiger partial charge in [0.05, 0.1) is 5.69 Å². The van der Waals surface area contributed by atoms with Crippen LogP contribution in [0.4, 0.5) is 0 Å². The van der Waals surface area contributed by atoms with Crippen LogP contribution in [0.2, 0.25) is 0 Å². The molecular formula is C17H16N2O2S2. The highest BCUT2D eigenvalue weighted by molar-refractivity contribution is 7.91. The summed E-state index contributed by atoms with van der Waals surface area (Å²) >= 11 is 1.20. The van der Waals surface area contributed by atoms with Gasteiger partial charge in [-0.05, 0) is 30.0 Å². The lowest BCUT2D eigenvalue weighted by atomic mass is 10.0. The van der Waals surface area contributed by atoms with Crippen LogP contribution in [0.3, 0.4) is 0 Å². The number of aryl methyl sites for hydroxylation is 1. The number of aromatic nitrogens is 1. The molecule has 23 heavy (non-hydrogen) atoms. The molecule has 4 nitrogen and oxygen atoms in total. The number of rotatable bonds is 5. The lowest BCUT2D eigenvalue weighted by Gasteiger charge is -2.10. The van der Waals surface area contributed by atoms with Crippen LogP contribution in [0.15, 0.2) is 64.3 Å². The summed E-state index contributed by atoms with van der Waals surface area (Å²) in [6, 6.07) is 15.0. The molecule has 0 amide bonds. The first-order chi connectivity index (χ1) is 11.1. The monoisotopic (exact) mass is 344 g/mol. The highest BCUT2D eigenvalue weighted by atomic mass is 32.2. The molecule has 0 saturated heterocycles. The van der Waals surface area contributed by atoms with E-state index < -0.39 is 10.0 Å². The van der Waals surface area contributed by atoms with Gasteiger partial charge in [0.15, 0.2) is 0 Å². The Hall–Kier alpha value is -2.02. The number of pyridine rings is 1. The van der Waals surface area contributed by atoms with Gasteiger partial charge in [0.1, 0.15) is 4.21 Å². The molecule has 0 aliphatic rings. The van der Waals surface area contributed by atoms with E-state index in [1.165, 1.54) is 16.9 Å². The molecule has 6 heteroatoms. The first kappa shape index (κ1) is 15.9. The number of benzene rings is 1. The maximum absolute atomic E-state index is 12.2. The molecule has 1 aromatic carbocycles.